The van der Waals surface area contributed by atoms with Gasteiger partial charge in [-0.05, 0) is 19.3 Å². The van der Waals surface area contributed by atoms with Crippen LogP contribution in [0.25, 0.3) is 0 Å². The van der Waals surface area contributed by atoms with E-state index in [2.05, 4.69) is 11.7 Å². The van der Waals surface area contributed by atoms with Gasteiger partial charge in [-0.3, -0.25) is 9.59 Å². The summed E-state index contributed by atoms with van der Waals surface area (Å²) in [6, 6.07) is 0. The van der Waals surface area contributed by atoms with Crippen molar-refractivity contribution in [1.29, 1.82) is 0 Å². The van der Waals surface area contributed by atoms with E-state index in [1.54, 1.807) is 0 Å². The molecule has 3 nitrogen and oxygen atoms in total. The Morgan fingerprint density at radius 1 is 1.27 bits per heavy atom. The first-order valence-electron chi connectivity index (χ1n) is 5.82. The summed E-state index contributed by atoms with van der Waals surface area (Å²) < 4.78 is 4.64. The van der Waals surface area contributed by atoms with E-state index in [1.807, 2.05) is 0 Å². The van der Waals surface area contributed by atoms with Gasteiger partial charge < -0.3 is 4.74 Å². The van der Waals surface area contributed by atoms with Crippen LogP contribution >= 0.6 is 0 Å². The third-order valence-corrected chi connectivity index (χ3v) is 2.21. The van der Waals surface area contributed by atoms with Gasteiger partial charge in [0.05, 0.1) is 6.61 Å². The van der Waals surface area contributed by atoms with Crippen molar-refractivity contribution in [1.82, 2.24) is 0 Å². The fraction of sp³-hybridized carbons (Fsp3) is 0.833. The lowest BCUT2D eigenvalue weighted by Gasteiger charge is -2.05. The van der Waals surface area contributed by atoms with Crippen molar-refractivity contribution < 1.29 is 14.3 Å². The number of hydrogen-bond acceptors (Lipinski definition) is 3. The molecular weight excluding hydrogens is 192 g/mol. The molecular formula is C12H22O3. The van der Waals surface area contributed by atoms with Crippen molar-refractivity contribution >= 4 is 11.8 Å². The number of hydrogen-bond donors (Lipinski definition) is 0. The molecule has 0 unspecified atom stereocenters. The quantitative estimate of drug-likeness (QED) is 0.536. The minimum absolute atomic E-state index is 0.182. The van der Waals surface area contributed by atoms with Crippen molar-refractivity contribution in [2.45, 2.75) is 58.8 Å². The zero-order chi connectivity index (χ0) is 11.5. The van der Waals surface area contributed by atoms with Crippen LogP contribution in [0.5, 0.6) is 0 Å². The predicted octanol–water partition coefficient (Wildman–Crippen LogP) is 2.87. The van der Waals surface area contributed by atoms with E-state index in [4.69, 9.17) is 0 Å². The van der Waals surface area contributed by atoms with Gasteiger partial charge in [-0.25, -0.2) is 0 Å². The van der Waals surface area contributed by atoms with Crippen molar-refractivity contribution in [3.8, 4) is 0 Å². The van der Waals surface area contributed by atoms with Crippen LogP contribution in [-0.4, -0.2) is 18.4 Å². The van der Waals surface area contributed by atoms with Crippen LogP contribution in [0.3, 0.4) is 0 Å². The van der Waals surface area contributed by atoms with E-state index in [-0.39, 0.29) is 5.97 Å². The van der Waals surface area contributed by atoms with Gasteiger partial charge in [0.15, 0.2) is 0 Å². The Morgan fingerprint density at radius 2 is 1.87 bits per heavy atom. The Morgan fingerprint density at radius 3 is 2.20 bits per heavy atom. The topological polar surface area (TPSA) is 43.4 Å². The molecule has 0 aromatic rings. The molecule has 15 heavy (non-hydrogen) atoms. The van der Waals surface area contributed by atoms with Crippen LogP contribution in [0.1, 0.15) is 58.8 Å². The summed E-state index contributed by atoms with van der Waals surface area (Å²) in [4.78, 5) is 20.6. The minimum Gasteiger partial charge on any atom is -0.466 e. The number of carbonyl (C=O) groups excluding carboxylic acids is 2. The van der Waals surface area contributed by atoms with Gasteiger partial charge >= 0.3 is 5.97 Å². The molecule has 3 heteroatoms. The number of Topliss-reactive ketones (excluding diaryl/α,β-unsaturated/α-hetero) is 1. The van der Waals surface area contributed by atoms with Crippen LogP contribution in [0.2, 0.25) is 0 Å². The van der Waals surface area contributed by atoms with Crippen molar-refractivity contribution in [2.24, 2.45) is 0 Å². The molecule has 0 aromatic heterocycles. The zero-order valence-corrected chi connectivity index (χ0v) is 9.88. The number of unbranched alkanes of at least 4 members (excludes halogenated alkanes) is 1. The molecule has 0 saturated heterocycles. The van der Waals surface area contributed by atoms with Gasteiger partial charge in [-0.2, -0.15) is 0 Å². The maximum absolute atomic E-state index is 10.5. The Hall–Kier alpha value is -0.860. The number of ketones is 1. The number of carbonyl (C=O) groups is 2. The van der Waals surface area contributed by atoms with Crippen LogP contribution in [-0.2, 0) is 14.3 Å². The molecule has 0 amide bonds. The van der Waals surface area contributed by atoms with E-state index in [0.29, 0.717) is 12.4 Å². The first-order valence-corrected chi connectivity index (χ1v) is 5.82. The van der Waals surface area contributed by atoms with E-state index >= 15 is 0 Å². The highest BCUT2D eigenvalue weighted by Gasteiger charge is 2.05. The maximum atomic E-state index is 10.5. The second-order valence-corrected chi connectivity index (χ2v) is 3.79. The molecule has 0 heterocycles. The lowest BCUT2D eigenvalue weighted by molar-refractivity contribution is -0.141. The van der Waals surface area contributed by atoms with Gasteiger partial charge in [-0.1, -0.05) is 19.8 Å². The maximum Gasteiger partial charge on any atom is 0.302 e. The highest BCUT2D eigenvalue weighted by atomic mass is 16.5. The second-order valence-electron chi connectivity index (χ2n) is 3.79. The molecule has 0 atom stereocenters. The van der Waals surface area contributed by atoms with Crippen LogP contribution in [0.15, 0.2) is 0 Å². The lowest BCUT2D eigenvalue weighted by atomic mass is 10.00. The average Bonchev–Trinajstić information content (AvgIpc) is 2.20. The highest BCUT2D eigenvalue weighted by Crippen LogP contribution is 2.12. The summed E-state index contributed by atoms with van der Waals surface area (Å²) >= 11 is 0. The smallest absolute Gasteiger partial charge is 0.302 e. The summed E-state index contributed by atoms with van der Waals surface area (Å²) in [6.45, 7) is 4.06. The molecule has 1 saturated carbocycles. The molecule has 0 radical (unpaired) electrons. The third-order valence-electron chi connectivity index (χ3n) is 2.21. The molecule has 1 aliphatic rings. The Kier molecular flexibility index (Phi) is 9.13. The number of esters is 1. The molecule has 0 bridgehead atoms. The molecule has 1 aliphatic carbocycles. The number of ether oxygens (including phenoxy) is 1. The SMILES string of the molecule is CCCCOC(C)=O.O=C1CCCCC1. The van der Waals surface area contributed by atoms with Gasteiger partial charge in [-0.15, -0.1) is 0 Å². The van der Waals surface area contributed by atoms with Crippen molar-refractivity contribution in [3.05, 3.63) is 0 Å². The lowest BCUT2D eigenvalue weighted by Crippen LogP contribution is -2.02. The second kappa shape index (κ2) is 9.69. The van der Waals surface area contributed by atoms with Gasteiger partial charge in [0, 0.05) is 19.8 Å². The molecule has 0 aromatic carbocycles. The Balaban J connectivity index is 0.000000262. The molecule has 1 rings (SSSR count). The van der Waals surface area contributed by atoms with Gasteiger partial charge in [0.2, 0.25) is 0 Å². The van der Waals surface area contributed by atoms with Crippen LogP contribution in [0.4, 0.5) is 0 Å². The standard InChI is InChI=1S/C6H12O2.C6H10O/c1-3-4-5-8-6(2)7;7-6-4-2-1-3-5-6/h3-5H2,1-2H3;1-5H2. The number of rotatable bonds is 3. The fourth-order valence-corrected chi connectivity index (χ4v) is 1.31. The summed E-state index contributed by atoms with van der Waals surface area (Å²) in [7, 11) is 0. The summed E-state index contributed by atoms with van der Waals surface area (Å²) in [5, 5.41) is 0. The fourth-order valence-electron chi connectivity index (χ4n) is 1.31. The Labute approximate surface area is 92.2 Å². The highest BCUT2D eigenvalue weighted by molar-refractivity contribution is 5.78. The summed E-state index contributed by atoms with van der Waals surface area (Å²) in [5.41, 5.74) is 0. The van der Waals surface area contributed by atoms with Crippen LogP contribution < -0.4 is 0 Å². The van der Waals surface area contributed by atoms with Gasteiger partial charge in [0.1, 0.15) is 5.78 Å². The summed E-state index contributed by atoms with van der Waals surface area (Å²) in [5.74, 6) is 0.282. The van der Waals surface area contributed by atoms with Crippen molar-refractivity contribution in [3.63, 3.8) is 0 Å². The molecule has 0 N–H and O–H groups in total. The van der Waals surface area contributed by atoms with E-state index in [9.17, 15) is 9.59 Å². The largest absolute Gasteiger partial charge is 0.466 e. The van der Waals surface area contributed by atoms with Gasteiger partial charge in [0.25, 0.3) is 0 Å². The van der Waals surface area contributed by atoms with E-state index in [0.717, 1.165) is 38.5 Å². The average molecular weight is 214 g/mol. The molecule has 0 aliphatic heterocycles. The van der Waals surface area contributed by atoms with Crippen LogP contribution in [0, 0.1) is 0 Å². The molecule has 1 fully saturated rings. The van der Waals surface area contributed by atoms with E-state index < -0.39 is 0 Å². The first-order chi connectivity index (χ1) is 7.16. The third kappa shape index (κ3) is 11.1. The first kappa shape index (κ1) is 14.1. The molecule has 0 spiro atoms. The Bertz CT molecular complexity index is 179. The zero-order valence-electron chi connectivity index (χ0n) is 9.88. The summed E-state index contributed by atoms with van der Waals surface area (Å²) in [6.07, 6.45) is 7.29. The van der Waals surface area contributed by atoms with E-state index in [1.165, 1.54) is 13.3 Å². The predicted molar refractivity (Wildman–Crippen MR) is 59.6 cm³/mol. The minimum atomic E-state index is -0.182. The molecule has 88 valence electrons. The van der Waals surface area contributed by atoms with Crippen molar-refractivity contribution in [2.75, 3.05) is 6.61 Å². The normalized spacial score (nSPS) is 15.2. The monoisotopic (exact) mass is 214 g/mol.